The molecule has 0 spiro atoms. The van der Waals surface area contributed by atoms with Crippen molar-refractivity contribution < 1.29 is 0 Å². The van der Waals surface area contributed by atoms with Gasteiger partial charge in [-0.2, -0.15) is 0 Å². The van der Waals surface area contributed by atoms with Crippen LogP contribution < -0.4 is 5.32 Å². The molecule has 1 aliphatic heterocycles. The van der Waals surface area contributed by atoms with Crippen LogP contribution in [0, 0.1) is 23.7 Å². The highest BCUT2D eigenvalue weighted by Gasteiger charge is 2.48. The second-order valence-electron chi connectivity index (χ2n) is 7.93. The van der Waals surface area contributed by atoms with Gasteiger partial charge in [0, 0.05) is 31.2 Å². The summed E-state index contributed by atoms with van der Waals surface area (Å²) in [7, 11) is 0. The molecule has 2 nitrogen and oxygen atoms in total. The summed E-state index contributed by atoms with van der Waals surface area (Å²) in [5.41, 5.74) is 0. The molecule has 0 aromatic heterocycles. The van der Waals surface area contributed by atoms with E-state index in [4.69, 9.17) is 0 Å². The number of nitrogens with zero attached hydrogens (tertiary/aromatic N) is 1. The Bertz CT molecular complexity index is 292. The third-order valence-corrected chi connectivity index (χ3v) is 5.59. The summed E-state index contributed by atoms with van der Waals surface area (Å²) >= 11 is 0. The minimum Gasteiger partial charge on any atom is -0.311 e. The zero-order valence-corrected chi connectivity index (χ0v) is 13.2. The van der Waals surface area contributed by atoms with Crippen molar-refractivity contribution in [2.75, 3.05) is 13.1 Å². The van der Waals surface area contributed by atoms with Crippen LogP contribution in [0.25, 0.3) is 0 Å². The third kappa shape index (κ3) is 3.00. The van der Waals surface area contributed by atoms with Crippen LogP contribution in [0.15, 0.2) is 0 Å². The van der Waals surface area contributed by atoms with Crippen molar-refractivity contribution in [1.82, 2.24) is 10.2 Å². The highest BCUT2D eigenvalue weighted by Crippen LogP contribution is 2.48. The normalized spacial score (nSPS) is 33.6. The van der Waals surface area contributed by atoms with Crippen LogP contribution in [0.5, 0.6) is 0 Å². The van der Waals surface area contributed by atoms with E-state index in [0.29, 0.717) is 6.04 Å². The van der Waals surface area contributed by atoms with Gasteiger partial charge in [0.2, 0.25) is 0 Å². The lowest BCUT2D eigenvalue weighted by Crippen LogP contribution is -2.63. The number of piperazine rings is 1. The van der Waals surface area contributed by atoms with Crippen LogP contribution in [0.1, 0.15) is 53.4 Å². The minimum atomic E-state index is 0.704. The van der Waals surface area contributed by atoms with Gasteiger partial charge in [0.05, 0.1) is 0 Å². The molecule has 0 aromatic carbocycles. The molecule has 3 fully saturated rings. The Hall–Kier alpha value is -0.0800. The molecule has 2 atom stereocenters. The van der Waals surface area contributed by atoms with Crippen LogP contribution in [0.4, 0.5) is 0 Å². The SMILES string of the molecule is CC(C)C1CN(C(C2CC2)C2CC2)C(C(C)C)CN1. The van der Waals surface area contributed by atoms with Crippen LogP contribution in [-0.4, -0.2) is 36.1 Å². The molecule has 2 heteroatoms. The highest BCUT2D eigenvalue weighted by molar-refractivity contribution is 5.02. The van der Waals surface area contributed by atoms with Crippen LogP contribution in [-0.2, 0) is 0 Å². The smallest absolute Gasteiger partial charge is 0.0247 e. The molecule has 0 aromatic rings. The predicted octanol–water partition coefficient (Wildman–Crippen LogP) is 3.13. The Balaban J connectivity index is 1.75. The molecule has 110 valence electrons. The van der Waals surface area contributed by atoms with Crippen molar-refractivity contribution in [2.24, 2.45) is 23.7 Å². The van der Waals surface area contributed by atoms with Crippen LogP contribution in [0.2, 0.25) is 0 Å². The largest absolute Gasteiger partial charge is 0.311 e. The van der Waals surface area contributed by atoms with Crippen molar-refractivity contribution in [2.45, 2.75) is 71.5 Å². The fourth-order valence-corrected chi connectivity index (χ4v) is 4.03. The van der Waals surface area contributed by atoms with Gasteiger partial charge in [-0.15, -0.1) is 0 Å². The average Bonchev–Trinajstić information content (AvgIpc) is 3.23. The van der Waals surface area contributed by atoms with E-state index < -0.39 is 0 Å². The lowest BCUT2D eigenvalue weighted by molar-refractivity contribution is 0.0274. The quantitative estimate of drug-likeness (QED) is 0.821. The monoisotopic (exact) mass is 264 g/mol. The Morgan fingerprint density at radius 1 is 0.895 bits per heavy atom. The first-order valence-corrected chi connectivity index (χ1v) is 8.57. The Morgan fingerprint density at radius 3 is 1.89 bits per heavy atom. The zero-order chi connectivity index (χ0) is 13.6. The van der Waals surface area contributed by atoms with Gasteiger partial charge in [-0.05, 0) is 49.4 Å². The van der Waals surface area contributed by atoms with Gasteiger partial charge >= 0.3 is 0 Å². The average molecular weight is 264 g/mol. The maximum Gasteiger partial charge on any atom is 0.0247 e. The number of hydrogen-bond acceptors (Lipinski definition) is 2. The van der Waals surface area contributed by atoms with E-state index in [0.717, 1.165) is 35.8 Å². The Kier molecular flexibility index (Phi) is 3.92. The Morgan fingerprint density at radius 2 is 1.47 bits per heavy atom. The van der Waals surface area contributed by atoms with Crippen molar-refractivity contribution in [3.05, 3.63) is 0 Å². The van der Waals surface area contributed by atoms with Gasteiger partial charge < -0.3 is 5.32 Å². The van der Waals surface area contributed by atoms with Gasteiger partial charge in [-0.1, -0.05) is 27.7 Å². The fraction of sp³-hybridized carbons (Fsp3) is 1.00. The first kappa shape index (κ1) is 13.9. The van der Waals surface area contributed by atoms with E-state index in [1.54, 1.807) is 0 Å². The lowest BCUT2D eigenvalue weighted by atomic mass is 9.90. The van der Waals surface area contributed by atoms with Crippen LogP contribution in [0.3, 0.4) is 0 Å². The summed E-state index contributed by atoms with van der Waals surface area (Å²) in [6.45, 7) is 12.1. The van der Waals surface area contributed by atoms with Crippen molar-refractivity contribution >= 4 is 0 Å². The Labute approximate surface area is 119 Å². The molecule has 3 aliphatic rings. The van der Waals surface area contributed by atoms with Gasteiger partial charge in [0.1, 0.15) is 0 Å². The molecule has 2 aliphatic carbocycles. The lowest BCUT2D eigenvalue weighted by Gasteiger charge is -2.48. The van der Waals surface area contributed by atoms with E-state index in [9.17, 15) is 0 Å². The zero-order valence-electron chi connectivity index (χ0n) is 13.2. The molecule has 3 rings (SSSR count). The first-order valence-electron chi connectivity index (χ1n) is 8.57. The first-order chi connectivity index (χ1) is 9.08. The third-order valence-electron chi connectivity index (χ3n) is 5.59. The molecular formula is C17H32N2. The highest BCUT2D eigenvalue weighted by atomic mass is 15.3. The summed E-state index contributed by atoms with van der Waals surface area (Å²) in [6, 6.07) is 2.40. The summed E-state index contributed by atoms with van der Waals surface area (Å²) in [6.07, 6.45) is 6.01. The van der Waals surface area contributed by atoms with Crippen molar-refractivity contribution in [3.63, 3.8) is 0 Å². The molecule has 2 saturated carbocycles. The van der Waals surface area contributed by atoms with E-state index in [2.05, 4.69) is 37.9 Å². The summed E-state index contributed by atoms with van der Waals surface area (Å²) in [4.78, 5) is 2.95. The van der Waals surface area contributed by atoms with Crippen molar-refractivity contribution in [1.29, 1.82) is 0 Å². The number of nitrogens with one attached hydrogen (secondary N) is 1. The minimum absolute atomic E-state index is 0.704. The molecule has 1 saturated heterocycles. The van der Waals surface area contributed by atoms with Gasteiger partial charge in [-0.3, -0.25) is 4.90 Å². The summed E-state index contributed by atoms with van der Waals surface area (Å²) in [5.74, 6) is 3.62. The molecule has 0 amide bonds. The summed E-state index contributed by atoms with van der Waals surface area (Å²) < 4.78 is 0. The molecule has 1 heterocycles. The predicted molar refractivity (Wildman–Crippen MR) is 81.2 cm³/mol. The van der Waals surface area contributed by atoms with E-state index in [1.807, 2.05) is 0 Å². The van der Waals surface area contributed by atoms with Crippen molar-refractivity contribution in [3.8, 4) is 0 Å². The molecule has 1 N–H and O–H groups in total. The number of rotatable bonds is 5. The van der Waals surface area contributed by atoms with E-state index >= 15 is 0 Å². The molecule has 0 radical (unpaired) electrons. The molecule has 0 bridgehead atoms. The second-order valence-corrected chi connectivity index (χ2v) is 7.93. The fourth-order valence-electron chi connectivity index (χ4n) is 4.03. The maximum atomic E-state index is 3.81. The van der Waals surface area contributed by atoms with Gasteiger partial charge in [0.15, 0.2) is 0 Å². The molecule has 2 unspecified atom stereocenters. The maximum absolute atomic E-state index is 3.81. The van der Waals surface area contributed by atoms with Gasteiger partial charge in [-0.25, -0.2) is 0 Å². The number of hydrogen-bond donors (Lipinski definition) is 1. The van der Waals surface area contributed by atoms with E-state index in [-0.39, 0.29) is 0 Å². The topological polar surface area (TPSA) is 15.3 Å². The van der Waals surface area contributed by atoms with E-state index in [1.165, 1.54) is 38.8 Å². The molecule has 19 heavy (non-hydrogen) atoms. The molecular weight excluding hydrogens is 232 g/mol. The standard InChI is InChI=1S/C17H32N2/c1-11(2)15-10-19(16(9-18-15)12(3)4)17(13-5-6-13)14-7-8-14/h11-18H,5-10H2,1-4H3. The summed E-state index contributed by atoms with van der Waals surface area (Å²) in [5, 5.41) is 3.81. The van der Waals surface area contributed by atoms with Crippen LogP contribution >= 0.6 is 0 Å². The van der Waals surface area contributed by atoms with Gasteiger partial charge in [0.25, 0.3) is 0 Å². The second kappa shape index (κ2) is 5.37.